The molecule has 3 aromatic rings. The highest BCUT2D eigenvalue weighted by atomic mass is 19.3. The molecule has 3 aromatic heterocycles. The summed E-state index contributed by atoms with van der Waals surface area (Å²) in [6.07, 6.45) is 0.258. The normalized spacial score (nSPS) is 10.5. The van der Waals surface area contributed by atoms with Crippen LogP contribution >= 0.6 is 0 Å². The molecule has 0 aliphatic heterocycles. The molecule has 3 heterocycles. The molecule has 0 unspecified atom stereocenters. The highest BCUT2D eigenvalue weighted by Crippen LogP contribution is 2.21. The van der Waals surface area contributed by atoms with E-state index in [0.29, 0.717) is 5.69 Å². The third kappa shape index (κ3) is 3.52. The highest BCUT2D eigenvalue weighted by molar-refractivity contribution is 5.51. The van der Waals surface area contributed by atoms with Gasteiger partial charge in [0.2, 0.25) is 5.89 Å². The minimum absolute atomic E-state index is 0.130. The fraction of sp³-hybridized carbons (Fsp3) is 0.125. The first-order chi connectivity index (χ1) is 11.6. The Morgan fingerprint density at radius 1 is 1.25 bits per heavy atom. The van der Waals surface area contributed by atoms with Crippen LogP contribution < -0.4 is 5.56 Å². The van der Waals surface area contributed by atoms with E-state index in [2.05, 4.69) is 27.0 Å². The lowest BCUT2D eigenvalue weighted by molar-refractivity contribution is 0.116. The third-order valence-electron chi connectivity index (χ3n) is 3.00. The Labute approximate surface area is 134 Å². The number of aromatic nitrogens is 4. The lowest BCUT2D eigenvalue weighted by atomic mass is 10.2. The molecule has 0 saturated carbocycles. The van der Waals surface area contributed by atoms with Crippen molar-refractivity contribution in [1.29, 1.82) is 0 Å². The van der Waals surface area contributed by atoms with Crippen LogP contribution in [0.15, 0.2) is 51.9 Å². The number of pyridine rings is 2. The van der Waals surface area contributed by atoms with E-state index in [1.807, 2.05) is 6.07 Å². The second-order valence-electron chi connectivity index (χ2n) is 4.64. The average molecular weight is 328 g/mol. The van der Waals surface area contributed by atoms with Crippen LogP contribution in [0, 0.1) is 11.8 Å². The van der Waals surface area contributed by atoms with Crippen LogP contribution in [-0.4, -0.2) is 19.7 Å². The van der Waals surface area contributed by atoms with Gasteiger partial charge in [-0.15, -0.1) is 10.2 Å². The number of rotatable bonds is 3. The van der Waals surface area contributed by atoms with Gasteiger partial charge in [-0.2, -0.15) is 8.78 Å². The maximum Gasteiger partial charge on any atom is 0.314 e. The minimum Gasteiger partial charge on any atom is -0.415 e. The van der Waals surface area contributed by atoms with Gasteiger partial charge in [0, 0.05) is 24.0 Å². The van der Waals surface area contributed by atoms with Crippen molar-refractivity contribution >= 4 is 0 Å². The third-order valence-corrected chi connectivity index (χ3v) is 3.00. The number of hydrogen-bond acceptors (Lipinski definition) is 5. The first-order valence-corrected chi connectivity index (χ1v) is 6.86. The zero-order valence-corrected chi connectivity index (χ0v) is 12.2. The van der Waals surface area contributed by atoms with E-state index in [-0.39, 0.29) is 23.6 Å². The first-order valence-electron chi connectivity index (χ1n) is 6.86. The van der Waals surface area contributed by atoms with Gasteiger partial charge >= 0.3 is 6.43 Å². The van der Waals surface area contributed by atoms with Gasteiger partial charge in [-0.1, -0.05) is 12.0 Å². The molecule has 0 saturated heterocycles. The van der Waals surface area contributed by atoms with Gasteiger partial charge in [0.15, 0.2) is 0 Å². The molecule has 0 bridgehead atoms. The molecule has 8 heteroatoms. The van der Waals surface area contributed by atoms with E-state index in [1.165, 1.54) is 22.9 Å². The Morgan fingerprint density at radius 2 is 2.12 bits per heavy atom. The van der Waals surface area contributed by atoms with Crippen molar-refractivity contribution < 1.29 is 13.2 Å². The summed E-state index contributed by atoms with van der Waals surface area (Å²) in [6, 6.07) is 8.11. The molecule has 0 atom stereocenters. The topological polar surface area (TPSA) is 73.8 Å². The molecule has 3 rings (SSSR count). The second-order valence-corrected chi connectivity index (χ2v) is 4.64. The second kappa shape index (κ2) is 6.83. The van der Waals surface area contributed by atoms with Crippen molar-refractivity contribution in [2.24, 2.45) is 0 Å². The summed E-state index contributed by atoms with van der Waals surface area (Å²) in [6.45, 7) is 0.168. The molecular formula is C16H10F2N4O2. The van der Waals surface area contributed by atoms with E-state index in [1.54, 1.807) is 18.3 Å². The van der Waals surface area contributed by atoms with Crippen LogP contribution in [0.4, 0.5) is 8.78 Å². The molecular weight excluding hydrogens is 318 g/mol. The van der Waals surface area contributed by atoms with Crippen molar-refractivity contribution in [3.8, 4) is 23.3 Å². The van der Waals surface area contributed by atoms with E-state index < -0.39 is 12.3 Å². The maximum absolute atomic E-state index is 12.4. The molecule has 0 amide bonds. The van der Waals surface area contributed by atoms with Gasteiger partial charge in [0.25, 0.3) is 11.4 Å². The lowest BCUT2D eigenvalue weighted by Gasteiger charge is -2.00. The maximum atomic E-state index is 12.4. The first kappa shape index (κ1) is 15.6. The predicted octanol–water partition coefficient (Wildman–Crippen LogP) is 2.28. The molecule has 120 valence electrons. The molecule has 0 spiro atoms. The van der Waals surface area contributed by atoms with Crippen LogP contribution in [0.5, 0.6) is 0 Å². The van der Waals surface area contributed by atoms with Gasteiger partial charge in [0.05, 0.1) is 6.54 Å². The summed E-state index contributed by atoms with van der Waals surface area (Å²) < 4.78 is 31.0. The van der Waals surface area contributed by atoms with Crippen LogP contribution in [-0.2, 0) is 6.54 Å². The Balaban J connectivity index is 1.78. The molecule has 0 fully saturated rings. The number of alkyl halides is 2. The Kier molecular flexibility index (Phi) is 4.43. The SMILES string of the molecule is O=c1cc(-c2nnc(C(F)F)o2)ccn1CC#Cc1ccccn1. The van der Waals surface area contributed by atoms with Crippen molar-refractivity contribution in [2.45, 2.75) is 13.0 Å². The fourth-order valence-electron chi connectivity index (χ4n) is 1.86. The molecule has 0 aliphatic rings. The zero-order valence-electron chi connectivity index (χ0n) is 12.2. The predicted molar refractivity (Wildman–Crippen MR) is 80.1 cm³/mol. The number of nitrogens with zero attached hydrogens (tertiary/aromatic N) is 4. The van der Waals surface area contributed by atoms with Crippen LogP contribution in [0.3, 0.4) is 0 Å². The van der Waals surface area contributed by atoms with Crippen LogP contribution in [0.1, 0.15) is 18.0 Å². The molecule has 6 nitrogen and oxygen atoms in total. The highest BCUT2D eigenvalue weighted by Gasteiger charge is 2.17. The Hall–Kier alpha value is -3.34. The molecule has 0 radical (unpaired) electrons. The molecule has 0 aromatic carbocycles. The van der Waals surface area contributed by atoms with E-state index in [0.717, 1.165) is 0 Å². The van der Waals surface area contributed by atoms with Crippen molar-refractivity contribution in [3.63, 3.8) is 0 Å². The van der Waals surface area contributed by atoms with E-state index in [9.17, 15) is 13.6 Å². The lowest BCUT2D eigenvalue weighted by Crippen LogP contribution is -2.17. The van der Waals surface area contributed by atoms with Crippen LogP contribution in [0.25, 0.3) is 11.5 Å². The Bertz CT molecular complexity index is 955. The summed E-state index contributed by atoms with van der Waals surface area (Å²) in [5, 5.41) is 6.72. The van der Waals surface area contributed by atoms with Crippen molar-refractivity contribution in [2.75, 3.05) is 0 Å². The largest absolute Gasteiger partial charge is 0.415 e. The average Bonchev–Trinajstić information content (AvgIpc) is 3.08. The summed E-state index contributed by atoms with van der Waals surface area (Å²) in [4.78, 5) is 16.1. The minimum atomic E-state index is -2.85. The van der Waals surface area contributed by atoms with Gasteiger partial charge in [-0.05, 0) is 24.1 Å². The van der Waals surface area contributed by atoms with Gasteiger partial charge in [-0.25, -0.2) is 4.98 Å². The van der Waals surface area contributed by atoms with E-state index >= 15 is 0 Å². The van der Waals surface area contributed by atoms with E-state index in [4.69, 9.17) is 4.42 Å². The number of hydrogen-bond donors (Lipinski definition) is 0. The fourth-order valence-corrected chi connectivity index (χ4v) is 1.86. The quantitative estimate of drug-likeness (QED) is 0.690. The smallest absolute Gasteiger partial charge is 0.314 e. The summed E-state index contributed by atoms with van der Waals surface area (Å²) in [7, 11) is 0. The molecule has 0 N–H and O–H groups in total. The molecule has 0 aliphatic carbocycles. The molecule has 24 heavy (non-hydrogen) atoms. The van der Waals surface area contributed by atoms with Gasteiger partial charge in [0.1, 0.15) is 5.69 Å². The summed E-state index contributed by atoms with van der Waals surface area (Å²) >= 11 is 0. The van der Waals surface area contributed by atoms with Crippen molar-refractivity contribution in [1.82, 2.24) is 19.7 Å². The monoisotopic (exact) mass is 328 g/mol. The zero-order chi connectivity index (χ0) is 16.9. The summed E-state index contributed by atoms with van der Waals surface area (Å²) in [5.41, 5.74) is 0.514. The standard InChI is InChI=1S/C16H10F2N4O2/c17-14(18)16-21-20-15(24-16)11-6-9-22(13(23)10-11)8-3-5-12-4-1-2-7-19-12/h1-2,4,6-7,9-10,14H,8H2. The van der Waals surface area contributed by atoms with Gasteiger partial charge < -0.3 is 8.98 Å². The van der Waals surface area contributed by atoms with Gasteiger partial charge in [-0.3, -0.25) is 4.79 Å². The summed E-state index contributed by atoms with van der Waals surface area (Å²) in [5.74, 6) is 4.76. The van der Waals surface area contributed by atoms with Crippen LogP contribution in [0.2, 0.25) is 0 Å². The number of halogens is 2. The van der Waals surface area contributed by atoms with Crippen molar-refractivity contribution in [3.05, 3.63) is 64.7 Å². The Morgan fingerprint density at radius 3 is 2.79 bits per heavy atom.